The normalized spacial score (nSPS) is 24.9. The predicted molar refractivity (Wildman–Crippen MR) is 242 cm³/mol. The van der Waals surface area contributed by atoms with Gasteiger partial charge in [-0.15, -0.1) is 0 Å². The number of carbonyl (C=O) groups is 3. The third-order valence-electron chi connectivity index (χ3n) is 12.1. The average Bonchev–Trinajstić information content (AvgIpc) is 3.66. The molecule has 1 fully saturated rings. The summed E-state index contributed by atoms with van der Waals surface area (Å²) in [5, 5.41) is 24.7. The number of hydrogen-bond acceptors (Lipinski definition) is 6. The van der Waals surface area contributed by atoms with Crippen LogP contribution >= 0.6 is 0 Å². The maximum absolute atomic E-state index is 13.1. The number of likely N-dealkylation sites (tertiary alicyclic amines) is 1. The van der Waals surface area contributed by atoms with E-state index in [0.717, 1.165) is 51.4 Å². The molecule has 2 aliphatic carbocycles. The van der Waals surface area contributed by atoms with E-state index in [1.54, 1.807) is 0 Å². The Hall–Kier alpha value is -3.75. The predicted octanol–water partition coefficient (Wildman–Crippen LogP) is 10.2. The van der Waals surface area contributed by atoms with Crippen molar-refractivity contribution in [1.29, 1.82) is 0 Å². The molecular formula is C51H78N2O6. The quantitative estimate of drug-likeness (QED) is 0.0624. The van der Waals surface area contributed by atoms with Crippen LogP contribution in [-0.4, -0.2) is 70.3 Å². The van der Waals surface area contributed by atoms with Crippen molar-refractivity contribution >= 4 is 17.8 Å². The molecule has 1 heterocycles. The highest BCUT2D eigenvalue weighted by molar-refractivity contribution is 5.78. The Morgan fingerprint density at radius 1 is 0.881 bits per heavy atom. The first kappa shape index (κ1) is 49.6. The third kappa shape index (κ3) is 18.6. The minimum atomic E-state index is -0.967. The van der Waals surface area contributed by atoms with Crippen molar-refractivity contribution in [2.75, 3.05) is 13.1 Å². The van der Waals surface area contributed by atoms with E-state index in [4.69, 9.17) is 4.74 Å². The number of nitrogens with one attached hydrogen (secondary N) is 1. The second-order valence-corrected chi connectivity index (χ2v) is 17.6. The molecule has 8 heteroatoms. The van der Waals surface area contributed by atoms with Crippen LogP contribution in [0.3, 0.4) is 0 Å². The molecule has 2 unspecified atom stereocenters. The summed E-state index contributed by atoms with van der Waals surface area (Å²) >= 11 is 0. The van der Waals surface area contributed by atoms with Crippen molar-refractivity contribution in [1.82, 2.24) is 10.2 Å². The zero-order valence-electron chi connectivity index (χ0n) is 37.3. The molecule has 8 nitrogen and oxygen atoms in total. The van der Waals surface area contributed by atoms with Crippen molar-refractivity contribution in [3.63, 3.8) is 0 Å². The van der Waals surface area contributed by atoms with Crippen LogP contribution in [0.25, 0.3) is 0 Å². The molecule has 0 aromatic carbocycles. The van der Waals surface area contributed by atoms with Gasteiger partial charge in [-0.05, 0) is 121 Å². The summed E-state index contributed by atoms with van der Waals surface area (Å²) < 4.78 is 6.23. The van der Waals surface area contributed by atoms with Crippen LogP contribution in [0.1, 0.15) is 138 Å². The molecule has 3 rings (SSSR count). The summed E-state index contributed by atoms with van der Waals surface area (Å²) in [6.07, 6.45) is 41.1. The van der Waals surface area contributed by atoms with Gasteiger partial charge < -0.3 is 25.2 Å². The van der Waals surface area contributed by atoms with Crippen LogP contribution in [0.15, 0.2) is 96.7 Å². The van der Waals surface area contributed by atoms with Gasteiger partial charge >= 0.3 is 5.97 Å². The topological polar surface area (TPSA) is 116 Å². The number of allylic oxidation sites excluding steroid dienone is 15. The molecule has 1 aliphatic heterocycles. The van der Waals surface area contributed by atoms with E-state index >= 15 is 0 Å². The number of rotatable bonds is 25. The summed E-state index contributed by atoms with van der Waals surface area (Å²) in [6, 6.07) is -0.138. The Morgan fingerprint density at radius 2 is 1.47 bits per heavy atom. The van der Waals surface area contributed by atoms with E-state index in [9.17, 15) is 24.6 Å². The number of fused-ring (bicyclic) bond motifs is 1. The lowest BCUT2D eigenvalue weighted by atomic mass is 9.65. The van der Waals surface area contributed by atoms with Crippen LogP contribution in [-0.2, 0) is 19.1 Å². The molecule has 0 saturated carbocycles. The van der Waals surface area contributed by atoms with Crippen molar-refractivity contribution in [3.8, 4) is 0 Å². The first-order valence-electron chi connectivity index (χ1n) is 22.8. The highest BCUT2D eigenvalue weighted by Crippen LogP contribution is 2.45. The number of amides is 2. The average molecular weight is 815 g/mol. The Labute approximate surface area is 357 Å². The van der Waals surface area contributed by atoms with E-state index in [1.807, 2.05) is 25.7 Å². The maximum atomic E-state index is 13.1. The molecular weight excluding hydrogens is 737 g/mol. The number of carbonyl (C=O) groups excluding carboxylic acids is 3. The molecule has 8 atom stereocenters. The van der Waals surface area contributed by atoms with Gasteiger partial charge in [-0.2, -0.15) is 0 Å². The van der Waals surface area contributed by atoms with Crippen LogP contribution in [0.2, 0.25) is 0 Å². The summed E-state index contributed by atoms with van der Waals surface area (Å²) in [5.74, 6) is 0.486. The van der Waals surface area contributed by atoms with Gasteiger partial charge in [0.05, 0.1) is 24.0 Å². The smallest absolute Gasteiger partial charge is 0.311 e. The molecule has 59 heavy (non-hydrogen) atoms. The Balaban J connectivity index is 1.29. The number of esters is 1. The van der Waals surface area contributed by atoms with E-state index in [1.165, 1.54) is 5.57 Å². The van der Waals surface area contributed by atoms with Gasteiger partial charge in [0.2, 0.25) is 11.8 Å². The minimum absolute atomic E-state index is 0.0697. The zero-order chi connectivity index (χ0) is 43.0. The standard InChI is InChI=1S/C51H78N2O6/c1-7-9-10-11-12-13-14-15-16-17-18-19-20-21-22-23-24-25-26-27-48(57)53-33-32-42(38-53)52-47(56)37-44(55)36-43(54)30-31-45-40(4)28-29-41-34-39(3)35-46(49(41)45)59-50(58)51(5,6)8-2/h9-10,12-13,15-16,18-19,21-22,24-25,28-29,34,39-40,42-46,49,54-55H,7-8,11,14,17,20,23,26-27,30-33,35-38H2,1-6H3,(H,52,56)/b10-9-,13-12-,16-15-,19-18-,22-21-,25-24-/t39-,40-,42-,43-,44+,45-,46?,49?/m0/s1. The fraction of sp³-hybridized carbons (Fsp3) is 0.627. The Morgan fingerprint density at radius 3 is 2.07 bits per heavy atom. The third-order valence-corrected chi connectivity index (χ3v) is 12.1. The van der Waals surface area contributed by atoms with Gasteiger partial charge in [-0.3, -0.25) is 14.4 Å². The monoisotopic (exact) mass is 815 g/mol. The number of nitrogens with zero attached hydrogens (tertiary/aromatic N) is 1. The van der Waals surface area contributed by atoms with Crippen molar-refractivity contribution in [2.24, 2.45) is 29.1 Å². The van der Waals surface area contributed by atoms with Gasteiger partial charge in [-0.25, -0.2) is 0 Å². The molecule has 1 saturated heterocycles. The Kier molecular flexibility index (Phi) is 22.8. The highest BCUT2D eigenvalue weighted by atomic mass is 16.5. The van der Waals surface area contributed by atoms with Gasteiger partial charge in [0.25, 0.3) is 0 Å². The minimum Gasteiger partial charge on any atom is -0.461 e. The lowest BCUT2D eigenvalue weighted by Gasteiger charge is -2.44. The number of aliphatic hydroxyl groups is 2. The second kappa shape index (κ2) is 27.2. The highest BCUT2D eigenvalue weighted by Gasteiger charge is 2.43. The van der Waals surface area contributed by atoms with Crippen LogP contribution in [0.5, 0.6) is 0 Å². The summed E-state index contributed by atoms with van der Waals surface area (Å²) in [7, 11) is 0. The van der Waals surface area contributed by atoms with Crippen LogP contribution in [0.4, 0.5) is 0 Å². The Bertz CT molecular complexity index is 1530. The van der Waals surface area contributed by atoms with Crippen LogP contribution < -0.4 is 5.32 Å². The largest absolute Gasteiger partial charge is 0.461 e. The summed E-state index contributed by atoms with van der Waals surface area (Å²) in [6.45, 7) is 13.4. The maximum Gasteiger partial charge on any atom is 0.311 e. The van der Waals surface area contributed by atoms with Gasteiger partial charge in [0, 0.05) is 31.5 Å². The number of ether oxygens (including phenoxy) is 1. The van der Waals surface area contributed by atoms with Gasteiger partial charge in [0.1, 0.15) is 6.10 Å². The van der Waals surface area contributed by atoms with Gasteiger partial charge in [0.15, 0.2) is 0 Å². The van der Waals surface area contributed by atoms with E-state index in [0.29, 0.717) is 51.1 Å². The second-order valence-electron chi connectivity index (χ2n) is 17.6. The lowest BCUT2D eigenvalue weighted by Crippen LogP contribution is -2.43. The first-order chi connectivity index (χ1) is 28.3. The fourth-order valence-corrected chi connectivity index (χ4v) is 8.17. The molecule has 0 aromatic rings. The molecule has 3 N–H and O–H groups in total. The molecule has 0 radical (unpaired) electrons. The van der Waals surface area contributed by atoms with Gasteiger partial charge in [-0.1, -0.05) is 119 Å². The number of hydrogen-bond donors (Lipinski definition) is 3. The molecule has 328 valence electrons. The van der Waals surface area contributed by atoms with E-state index in [-0.39, 0.29) is 60.5 Å². The molecule has 0 bridgehead atoms. The lowest BCUT2D eigenvalue weighted by molar-refractivity contribution is -0.164. The van der Waals surface area contributed by atoms with Crippen molar-refractivity contribution < 1.29 is 29.3 Å². The van der Waals surface area contributed by atoms with Crippen molar-refractivity contribution in [3.05, 3.63) is 96.7 Å². The molecule has 0 spiro atoms. The van der Waals surface area contributed by atoms with E-state index < -0.39 is 17.6 Å². The molecule has 2 amide bonds. The van der Waals surface area contributed by atoms with Crippen molar-refractivity contribution in [2.45, 2.75) is 162 Å². The summed E-state index contributed by atoms with van der Waals surface area (Å²) in [5.41, 5.74) is 0.669. The molecule has 0 aromatic heterocycles. The number of aliphatic hydroxyl groups excluding tert-OH is 2. The summed E-state index contributed by atoms with van der Waals surface area (Å²) in [4.78, 5) is 40.6. The van der Waals surface area contributed by atoms with Crippen LogP contribution in [0, 0.1) is 29.1 Å². The first-order valence-corrected chi connectivity index (χ1v) is 22.8. The fourth-order valence-electron chi connectivity index (χ4n) is 8.17. The SMILES string of the molecule is CC/C=C\C/C=C\C/C=C\C/C=C\C/C=C\C/C=C\CCC(=O)N1CC[C@H](NC(=O)C[C@H](O)C[C@@H](O)CC[C@@H]2C3C(=C[C@H](C)CC3OC(=O)C(C)(C)CC)C=C[C@@H]2C)C1. The zero-order valence-corrected chi connectivity index (χ0v) is 37.3. The molecule has 3 aliphatic rings. The van der Waals surface area contributed by atoms with E-state index in [2.05, 4.69) is 117 Å².